The molecule has 94 valence electrons. The number of hydrogen-bond donors (Lipinski definition) is 2. The third kappa shape index (κ3) is 4.84. The topological polar surface area (TPSA) is 50.4 Å². The molecule has 0 atom stereocenters. The van der Waals surface area contributed by atoms with Crippen LogP contribution in [0.1, 0.15) is 39.5 Å². The Morgan fingerprint density at radius 2 is 2.12 bits per heavy atom. The van der Waals surface area contributed by atoms with E-state index >= 15 is 0 Å². The van der Waals surface area contributed by atoms with Crippen LogP contribution in [-0.4, -0.2) is 32.3 Å². The van der Waals surface area contributed by atoms with Gasteiger partial charge in [0.25, 0.3) is 0 Å². The molecule has 2 N–H and O–H groups in total. The van der Waals surface area contributed by atoms with Gasteiger partial charge < -0.3 is 15.4 Å². The van der Waals surface area contributed by atoms with E-state index in [1.807, 2.05) is 0 Å². The van der Waals surface area contributed by atoms with Gasteiger partial charge in [0, 0.05) is 6.54 Å². The Labute approximate surface area is 98.1 Å². The first-order chi connectivity index (χ1) is 7.66. The van der Waals surface area contributed by atoms with Crippen molar-refractivity contribution in [2.24, 2.45) is 5.41 Å². The van der Waals surface area contributed by atoms with Crippen LogP contribution in [0.4, 0.5) is 4.79 Å². The highest BCUT2D eigenvalue weighted by atomic mass is 16.5. The SMILES string of the molecule is CCCCOC(=O)NCC1(C)CCNCC1. The third-order valence-electron chi connectivity index (χ3n) is 3.20. The highest BCUT2D eigenvalue weighted by molar-refractivity contribution is 5.67. The second-order valence-corrected chi connectivity index (χ2v) is 4.90. The zero-order chi connectivity index (χ0) is 11.9. The summed E-state index contributed by atoms with van der Waals surface area (Å²) in [7, 11) is 0. The normalized spacial score (nSPS) is 19.1. The van der Waals surface area contributed by atoms with E-state index in [0.29, 0.717) is 6.61 Å². The Morgan fingerprint density at radius 1 is 1.44 bits per heavy atom. The number of amides is 1. The van der Waals surface area contributed by atoms with Gasteiger partial charge >= 0.3 is 6.09 Å². The first-order valence-electron chi connectivity index (χ1n) is 6.28. The lowest BCUT2D eigenvalue weighted by Crippen LogP contribution is -2.43. The molecule has 0 aromatic rings. The molecule has 16 heavy (non-hydrogen) atoms. The van der Waals surface area contributed by atoms with Gasteiger partial charge in [0.15, 0.2) is 0 Å². The Balaban J connectivity index is 2.14. The number of nitrogens with one attached hydrogen (secondary N) is 2. The number of carbonyl (C=O) groups excluding carboxylic acids is 1. The molecule has 0 aliphatic carbocycles. The fraction of sp³-hybridized carbons (Fsp3) is 0.917. The van der Waals surface area contributed by atoms with Crippen molar-refractivity contribution in [1.82, 2.24) is 10.6 Å². The summed E-state index contributed by atoms with van der Waals surface area (Å²) < 4.78 is 5.05. The molecule has 0 radical (unpaired) electrons. The molecule has 1 saturated heterocycles. The zero-order valence-electron chi connectivity index (χ0n) is 10.5. The Kier molecular flexibility index (Phi) is 5.60. The largest absolute Gasteiger partial charge is 0.450 e. The molecule has 0 aromatic heterocycles. The predicted octanol–water partition coefficient (Wildman–Crippen LogP) is 1.90. The van der Waals surface area contributed by atoms with Gasteiger partial charge in [0.05, 0.1) is 6.61 Å². The van der Waals surface area contributed by atoms with E-state index in [-0.39, 0.29) is 11.5 Å². The van der Waals surface area contributed by atoms with Gasteiger partial charge in [-0.2, -0.15) is 0 Å². The van der Waals surface area contributed by atoms with Crippen LogP contribution in [0.25, 0.3) is 0 Å². The van der Waals surface area contributed by atoms with E-state index in [2.05, 4.69) is 24.5 Å². The Morgan fingerprint density at radius 3 is 2.75 bits per heavy atom. The molecule has 0 bridgehead atoms. The van der Waals surface area contributed by atoms with Crippen molar-refractivity contribution in [3.8, 4) is 0 Å². The molecular formula is C12H24N2O2. The summed E-state index contributed by atoms with van der Waals surface area (Å²) in [5.41, 5.74) is 0.231. The highest BCUT2D eigenvalue weighted by Gasteiger charge is 2.27. The van der Waals surface area contributed by atoms with Crippen LogP contribution in [0.5, 0.6) is 0 Å². The minimum atomic E-state index is -0.270. The highest BCUT2D eigenvalue weighted by Crippen LogP contribution is 2.26. The van der Waals surface area contributed by atoms with Crippen LogP contribution in [0.2, 0.25) is 0 Å². The van der Waals surface area contributed by atoms with Gasteiger partial charge in [-0.25, -0.2) is 4.79 Å². The quantitative estimate of drug-likeness (QED) is 0.707. The number of rotatable bonds is 5. The van der Waals surface area contributed by atoms with Crippen molar-refractivity contribution in [3.05, 3.63) is 0 Å². The summed E-state index contributed by atoms with van der Waals surface area (Å²) in [6.45, 7) is 7.64. The van der Waals surface area contributed by atoms with Crippen molar-refractivity contribution >= 4 is 6.09 Å². The number of ether oxygens (including phenoxy) is 1. The first kappa shape index (κ1) is 13.3. The van der Waals surface area contributed by atoms with Crippen molar-refractivity contribution in [2.45, 2.75) is 39.5 Å². The standard InChI is InChI=1S/C12H24N2O2/c1-3-4-9-16-11(15)14-10-12(2)5-7-13-8-6-12/h13H,3-10H2,1-2H3,(H,14,15). The molecule has 4 nitrogen and oxygen atoms in total. The molecule has 0 spiro atoms. The van der Waals surface area contributed by atoms with Gasteiger partial charge in [-0.15, -0.1) is 0 Å². The fourth-order valence-electron chi connectivity index (χ4n) is 1.85. The average molecular weight is 228 g/mol. The van der Waals surface area contributed by atoms with E-state index in [4.69, 9.17) is 4.74 Å². The number of unbranched alkanes of at least 4 members (excludes halogenated alkanes) is 1. The van der Waals surface area contributed by atoms with Gasteiger partial charge in [-0.05, 0) is 37.8 Å². The van der Waals surface area contributed by atoms with Crippen molar-refractivity contribution in [2.75, 3.05) is 26.2 Å². The van der Waals surface area contributed by atoms with Gasteiger partial charge in [0.2, 0.25) is 0 Å². The molecule has 1 amide bonds. The molecule has 0 aromatic carbocycles. The molecular weight excluding hydrogens is 204 g/mol. The minimum absolute atomic E-state index is 0.231. The average Bonchev–Trinajstić information content (AvgIpc) is 2.28. The number of hydrogen-bond acceptors (Lipinski definition) is 3. The molecule has 4 heteroatoms. The molecule has 1 heterocycles. The van der Waals surface area contributed by atoms with Crippen LogP contribution in [0.15, 0.2) is 0 Å². The summed E-state index contributed by atoms with van der Waals surface area (Å²) >= 11 is 0. The van der Waals surface area contributed by atoms with Crippen molar-refractivity contribution < 1.29 is 9.53 Å². The summed E-state index contributed by atoms with van der Waals surface area (Å²) in [5, 5.41) is 6.19. The van der Waals surface area contributed by atoms with Crippen LogP contribution in [0, 0.1) is 5.41 Å². The lowest BCUT2D eigenvalue weighted by Gasteiger charge is -2.33. The lowest BCUT2D eigenvalue weighted by molar-refractivity contribution is 0.134. The molecule has 1 aliphatic rings. The number of carbonyl (C=O) groups is 1. The molecule has 1 aliphatic heterocycles. The van der Waals surface area contributed by atoms with E-state index < -0.39 is 0 Å². The smallest absolute Gasteiger partial charge is 0.407 e. The van der Waals surface area contributed by atoms with Crippen molar-refractivity contribution in [1.29, 1.82) is 0 Å². The van der Waals surface area contributed by atoms with E-state index in [0.717, 1.165) is 45.3 Å². The Bertz CT molecular complexity index is 213. The number of piperidine rings is 1. The summed E-state index contributed by atoms with van der Waals surface area (Å²) in [6.07, 6.45) is 3.95. The molecule has 1 rings (SSSR count). The predicted molar refractivity (Wildman–Crippen MR) is 64.5 cm³/mol. The monoisotopic (exact) mass is 228 g/mol. The van der Waals surface area contributed by atoms with Crippen LogP contribution in [-0.2, 0) is 4.74 Å². The lowest BCUT2D eigenvalue weighted by atomic mass is 9.81. The maximum Gasteiger partial charge on any atom is 0.407 e. The first-order valence-corrected chi connectivity index (χ1v) is 6.28. The fourth-order valence-corrected chi connectivity index (χ4v) is 1.85. The minimum Gasteiger partial charge on any atom is -0.450 e. The van der Waals surface area contributed by atoms with E-state index in [1.165, 1.54) is 0 Å². The molecule has 1 fully saturated rings. The van der Waals surface area contributed by atoms with Gasteiger partial charge in [0.1, 0.15) is 0 Å². The van der Waals surface area contributed by atoms with Crippen LogP contribution in [0.3, 0.4) is 0 Å². The van der Waals surface area contributed by atoms with Gasteiger partial charge in [-0.3, -0.25) is 0 Å². The second kappa shape index (κ2) is 6.74. The van der Waals surface area contributed by atoms with Crippen molar-refractivity contribution in [3.63, 3.8) is 0 Å². The summed E-state index contributed by atoms with van der Waals surface area (Å²) in [5.74, 6) is 0. The molecule has 0 unspecified atom stereocenters. The summed E-state index contributed by atoms with van der Waals surface area (Å²) in [4.78, 5) is 11.4. The van der Waals surface area contributed by atoms with Crippen LogP contribution >= 0.6 is 0 Å². The zero-order valence-corrected chi connectivity index (χ0v) is 10.5. The third-order valence-corrected chi connectivity index (χ3v) is 3.20. The summed E-state index contributed by atoms with van der Waals surface area (Å²) in [6, 6.07) is 0. The van der Waals surface area contributed by atoms with Gasteiger partial charge in [-0.1, -0.05) is 20.3 Å². The number of alkyl carbamates (subject to hydrolysis) is 1. The second-order valence-electron chi connectivity index (χ2n) is 4.90. The maximum absolute atomic E-state index is 11.4. The van der Waals surface area contributed by atoms with E-state index in [1.54, 1.807) is 0 Å². The Hall–Kier alpha value is -0.770. The maximum atomic E-state index is 11.4. The van der Waals surface area contributed by atoms with Crippen LogP contribution < -0.4 is 10.6 Å². The molecule has 0 saturated carbocycles. The van der Waals surface area contributed by atoms with E-state index in [9.17, 15) is 4.79 Å².